The Hall–Kier alpha value is -1.72. The lowest BCUT2D eigenvalue weighted by molar-refractivity contribution is -0.153. The summed E-state index contributed by atoms with van der Waals surface area (Å²) in [7, 11) is 2.75. The van der Waals surface area contributed by atoms with Gasteiger partial charge in [0.25, 0.3) is 5.91 Å². The summed E-state index contributed by atoms with van der Waals surface area (Å²) in [5, 5.41) is 2.60. The van der Waals surface area contributed by atoms with Gasteiger partial charge in [0.15, 0.2) is 5.78 Å². The minimum Gasteiger partial charge on any atom is -0.348 e. The van der Waals surface area contributed by atoms with Crippen LogP contribution < -0.4 is 5.32 Å². The smallest absolute Gasteiger partial charge is 0.281 e. The van der Waals surface area contributed by atoms with E-state index in [0.29, 0.717) is 11.3 Å². The lowest BCUT2D eigenvalue weighted by Gasteiger charge is -2.13. The molecule has 1 rings (SSSR count). The van der Waals surface area contributed by atoms with Gasteiger partial charge >= 0.3 is 0 Å². The van der Waals surface area contributed by atoms with Gasteiger partial charge in [-0.1, -0.05) is 12.1 Å². The van der Waals surface area contributed by atoms with E-state index in [9.17, 15) is 9.59 Å². The van der Waals surface area contributed by atoms with Crippen molar-refractivity contribution in [3.05, 3.63) is 29.8 Å². The van der Waals surface area contributed by atoms with E-state index < -0.39 is 12.2 Å². The molecule has 0 heterocycles. The van der Waals surface area contributed by atoms with E-state index >= 15 is 0 Å². The fraction of sp³-hybridized carbons (Fsp3) is 0.333. The third-order valence-electron chi connectivity index (χ3n) is 2.18. The van der Waals surface area contributed by atoms with Gasteiger partial charge in [0.2, 0.25) is 6.29 Å². The number of hydrogen-bond acceptors (Lipinski definition) is 4. The molecule has 0 aliphatic heterocycles. The van der Waals surface area contributed by atoms with Crippen LogP contribution in [0.1, 0.15) is 17.3 Å². The molecule has 0 aliphatic rings. The van der Waals surface area contributed by atoms with Crippen molar-refractivity contribution < 1.29 is 19.1 Å². The summed E-state index contributed by atoms with van der Waals surface area (Å²) in [6.07, 6.45) is -0.962. The largest absolute Gasteiger partial charge is 0.348 e. The predicted molar refractivity (Wildman–Crippen MR) is 62.9 cm³/mol. The number of ketones is 1. The van der Waals surface area contributed by atoms with Crippen LogP contribution in [0.3, 0.4) is 0 Å². The normalized spacial score (nSPS) is 10.4. The summed E-state index contributed by atoms with van der Waals surface area (Å²) in [4.78, 5) is 22.8. The van der Waals surface area contributed by atoms with Crippen LogP contribution in [0.15, 0.2) is 24.3 Å². The number of ether oxygens (including phenoxy) is 2. The number of amides is 1. The van der Waals surface area contributed by atoms with Gasteiger partial charge in [-0.05, 0) is 19.1 Å². The SMILES string of the molecule is COC(OC)C(=O)Nc1cccc(C(C)=O)c1. The van der Waals surface area contributed by atoms with Crippen LogP contribution >= 0.6 is 0 Å². The second-order valence-corrected chi connectivity index (χ2v) is 3.43. The number of carbonyl (C=O) groups is 2. The quantitative estimate of drug-likeness (QED) is 0.621. The fourth-order valence-electron chi connectivity index (χ4n) is 1.33. The maximum absolute atomic E-state index is 11.6. The molecule has 0 saturated carbocycles. The average Bonchev–Trinajstić information content (AvgIpc) is 2.30. The second kappa shape index (κ2) is 6.12. The minimum atomic E-state index is -0.962. The monoisotopic (exact) mass is 237 g/mol. The minimum absolute atomic E-state index is 0.0591. The van der Waals surface area contributed by atoms with Crippen LogP contribution in [0.5, 0.6) is 0 Å². The summed E-state index contributed by atoms with van der Waals surface area (Å²) in [6.45, 7) is 1.47. The molecule has 5 heteroatoms. The molecular formula is C12H15NO4. The second-order valence-electron chi connectivity index (χ2n) is 3.43. The molecule has 0 fully saturated rings. The van der Waals surface area contributed by atoms with Crippen LogP contribution in [0.25, 0.3) is 0 Å². The highest BCUT2D eigenvalue weighted by atomic mass is 16.7. The molecule has 1 amide bonds. The molecular weight excluding hydrogens is 222 g/mol. The summed E-state index contributed by atoms with van der Waals surface area (Å²) in [5.41, 5.74) is 1.07. The van der Waals surface area contributed by atoms with Crippen molar-refractivity contribution in [1.82, 2.24) is 0 Å². The zero-order chi connectivity index (χ0) is 12.8. The Balaban J connectivity index is 2.78. The highest BCUT2D eigenvalue weighted by Crippen LogP contribution is 2.11. The lowest BCUT2D eigenvalue weighted by Crippen LogP contribution is -2.31. The van der Waals surface area contributed by atoms with Crippen molar-refractivity contribution in [3.8, 4) is 0 Å². The average molecular weight is 237 g/mol. The molecule has 1 aromatic rings. The molecule has 1 aromatic carbocycles. The Bertz CT molecular complexity index is 413. The molecule has 17 heavy (non-hydrogen) atoms. The van der Waals surface area contributed by atoms with E-state index in [1.165, 1.54) is 21.1 Å². The number of anilines is 1. The Morgan fingerprint density at radius 3 is 2.41 bits per heavy atom. The third-order valence-corrected chi connectivity index (χ3v) is 2.18. The molecule has 0 saturated heterocycles. The van der Waals surface area contributed by atoms with Crippen LogP contribution in [0, 0.1) is 0 Å². The van der Waals surface area contributed by atoms with E-state index in [-0.39, 0.29) is 5.78 Å². The van der Waals surface area contributed by atoms with E-state index in [1.807, 2.05) is 0 Å². The first-order valence-electron chi connectivity index (χ1n) is 5.06. The maximum Gasteiger partial charge on any atom is 0.281 e. The van der Waals surface area contributed by atoms with Crippen LogP contribution in [-0.4, -0.2) is 32.2 Å². The van der Waals surface area contributed by atoms with Gasteiger partial charge in [0, 0.05) is 25.5 Å². The number of benzene rings is 1. The standard InChI is InChI=1S/C12H15NO4/c1-8(14)9-5-4-6-10(7-9)13-11(15)12(16-2)17-3/h4-7,12H,1-3H3,(H,13,15). The Kier molecular flexibility index (Phi) is 4.81. The van der Waals surface area contributed by atoms with E-state index in [1.54, 1.807) is 24.3 Å². The Labute approximate surface area is 99.7 Å². The van der Waals surface area contributed by atoms with Gasteiger partial charge < -0.3 is 14.8 Å². The van der Waals surface area contributed by atoms with Gasteiger partial charge in [-0.3, -0.25) is 9.59 Å². The van der Waals surface area contributed by atoms with Crippen molar-refractivity contribution >= 4 is 17.4 Å². The van der Waals surface area contributed by atoms with E-state index in [0.717, 1.165) is 0 Å². The van der Waals surface area contributed by atoms with Gasteiger partial charge in [-0.2, -0.15) is 0 Å². The first-order valence-corrected chi connectivity index (χ1v) is 5.06. The molecule has 0 atom stereocenters. The van der Waals surface area contributed by atoms with Crippen molar-refractivity contribution in [2.45, 2.75) is 13.2 Å². The van der Waals surface area contributed by atoms with E-state index in [4.69, 9.17) is 9.47 Å². The molecule has 5 nitrogen and oxygen atoms in total. The van der Waals surface area contributed by atoms with Crippen molar-refractivity contribution in [2.75, 3.05) is 19.5 Å². The maximum atomic E-state index is 11.6. The zero-order valence-corrected chi connectivity index (χ0v) is 10.0. The molecule has 92 valence electrons. The Morgan fingerprint density at radius 2 is 1.88 bits per heavy atom. The van der Waals surface area contributed by atoms with Crippen molar-refractivity contribution in [1.29, 1.82) is 0 Å². The molecule has 0 aromatic heterocycles. The summed E-state index contributed by atoms with van der Waals surface area (Å²) in [6, 6.07) is 6.67. The fourth-order valence-corrected chi connectivity index (χ4v) is 1.33. The van der Waals surface area contributed by atoms with E-state index in [2.05, 4.69) is 5.32 Å². The highest BCUT2D eigenvalue weighted by molar-refractivity contribution is 5.97. The number of nitrogens with one attached hydrogen (secondary N) is 1. The molecule has 0 spiro atoms. The number of rotatable bonds is 5. The van der Waals surface area contributed by atoms with Gasteiger partial charge in [0.05, 0.1) is 0 Å². The number of carbonyl (C=O) groups excluding carboxylic acids is 2. The van der Waals surface area contributed by atoms with Crippen LogP contribution in [-0.2, 0) is 14.3 Å². The van der Waals surface area contributed by atoms with Crippen molar-refractivity contribution in [3.63, 3.8) is 0 Å². The molecule has 0 bridgehead atoms. The first kappa shape index (κ1) is 13.3. The highest BCUT2D eigenvalue weighted by Gasteiger charge is 2.16. The number of Topliss-reactive ketones (excluding diaryl/α,β-unsaturated/α-hetero) is 1. The summed E-state index contributed by atoms with van der Waals surface area (Å²) >= 11 is 0. The van der Waals surface area contributed by atoms with Gasteiger partial charge in [-0.15, -0.1) is 0 Å². The van der Waals surface area contributed by atoms with Gasteiger partial charge in [-0.25, -0.2) is 0 Å². The summed E-state index contributed by atoms with van der Waals surface area (Å²) in [5.74, 6) is -0.480. The van der Waals surface area contributed by atoms with Crippen LogP contribution in [0.4, 0.5) is 5.69 Å². The van der Waals surface area contributed by atoms with Crippen molar-refractivity contribution in [2.24, 2.45) is 0 Å². The predicted octanol–water partition coefficient (Wildman–Crippen LogP) is 1.45. The first-order chi connectivity index (χ1) is 8.08. The molecule has 0 radical (unpaired) electrons. The number of methoxy groups -OCH3 is 2. The Morgan fingerprint density at radius 1 is 1.24 bits per heavy atom. The third kappa shape index (κ3) is 3.65. The molecule has 1 N–H and O–H groups in total. The summed E-state index contributed by atoms with van der Waals surface area (Å²) < 4.78 is 9.62. The topological polar surface area (TPSA) is 64.6 Å². The molecule has 0 aliphatic carbocycles. The zero-order valence-electron chi connectivity index (χ0n) is 10.0. The number of hydrogen-bond donors (Lipinski definition) is 1. The van der Waals surface area contributed by atoms with Crippen LogP contribution in [0.2, 0.25) is 0 Å². The lowest BCUT2D eigenvalue weighted by atomic mass is 10.1. The molecule has 0 unspecified atom stereocenters. The van der Waals surface area contributed by atoms with Gasteiger partial charge in [0.1, 0.15) is 0 Å².